The fourth-order valence-corrected chi connectivity index (χ4v) is 2.40. The number of carbonyl (C=O) groups excluding carboxylic acids is 1. The average Bonchev–Trinajstić information content (AvgIpc) is 2.97. The molecule has 19 heavy (non-hydrogen) atoms. The molecule has 0 spiro atoms. The van der Waals surface area contributed by atoms with Crippen LogP contribution < -0.4 is 5.32 Å². The molecule has 8 heteroatoms. The molecule has 1 atom stereocenters. The molecular formula is C11H15ClN4O3. The Bertz CT molecular complexity index is 496. The van der Waals surface area contributed by atoms with Gasteiger partial charge in [0.2, 0.25) is 5.91 Å². The highest BCUT2D eigenvalue weighted by Gasteiger charge is 2.27. The van der Waals surface area contributed by atoms with Gasteiger partial charge in [-0.2, -0.15) is 4.68 Å². The zero-order valence-electron chi connectivity index (χ0n) is 10.5. The lowest BCUT2D eigenvalue weighted by molar-refractivity contribution is -0.389. The smallest absolute Gasteiger partial charge is 0.358 e. The molecule has 2 rings (SSSR count). The van der Waals surface area contributed by atoms with Gasteiger partial charge in [0.05, 0.1) is 11.3 Å². The summed E-state index contributed by atoms with van der Waals surface area (Å²) in [7, 11) is 0. The highest BCUT2D eigenvalue weighted by atomic mass is 35.5. The first-order valence-electron chi connectivity index (χ1n) is 6.18. The van der Waals surface area contributed by atoms with Gasteiger partial charge in [0.1, 0.15) is 6.04 Å². The molecular weight excluding hydrogens is 272 g/mol. The van der Waals surface area contributed by atoms with Crippen molar-refractivity contribution < 1.29 is 9.72 Å². The van der Waals surface area contributed by atoms with Crippen molar-refractivity contribution in [3.63, 3.8) is 0 Å². The van der Waals surface area contributed by atoms with Crippen molar-refractivity contribution >= 4 is 23.3 Å². The van der Waals surface area contributed by atoms with Crippen molar-refractivity contribution in [2.75, 3.05) is 0 Å². The summed E-state index contributed by atoms with van der Waals surface area (Å²) >= 11 is 5.70. The van der Waals surface area contributed by atoms with Gasteiger partial charge in [0, 0.05) is 6.04 Å². The second-order valence-corrected chi connectivity index (χ2v) is 5.11. The number of hydrogen-bond acceptors (Lipinski definition) is 4. The van der Waals surface area contributed by atoms with E-state index in [9.17, 15) is 14.9 Å². The molecule has 1 amide bonds. The van der Waals surface area contributed by atoms with Crippen LogP contribution in [0.2, 0.25) is 5.02 Å². The second-order valence-electron chi connectivity index (χ2n) is 4.70. The van der Waals surface area contributed by atoms with Crippen LogP contribution in [0.3, 0.4) is 0 Å². The SMILES string of the molecule is CC(C(=O)NC1CCCC1)n1cc(Cl)c([N+](=O)[O-])n1. The Labute approximate surface area is 115 Å². The lowest BCUT2D eigenvalue weighted by Crippen LogP contribution is -2.37. The molecule has 104 valence electrons. The second kappa shape index (κ2) is 5.56. The number of rotatable bonds is 4. The van der Waals surface area contributed by atoms with E-state index in [1.54, 1.807) is 6.92 Å². The van der Waals surface area contributed by atoms with Crippen LogP contribution in [-0.2, 0) is 4.79 Å². The lowest BCUT2D eigenvalue weighted by Gasteiger charge is -2.15. The van der Waals surface area contributed by atoms with Crippen LogP contribution in [0.5, 0.6) is 0 Å². The minimum Gasteiger partial charge on any atom is -0.358 e. The van der Waals surface area contributed by atoms with Gasteiger partial charge in [-0.1, -0.05) is 24.4 Å². The number of halogens is 1. The van der Waals surface area contributed by atoms with E-state index in [0.29, 0.717) is 0 Å². The van der Waals surface area contributed by atoms with Gasteiger partial charge >= 0.3 is 5.82 Å². The van der Waals surface area contributed by atoms with Gasteiger partial charge in [-0.25, -0.2) is 0 Å². The zero-order valence-corrected chi connectivity index (χ0v) is 11.3. The summed E-state index contributed by atoms with van der Waals surface area (Å²) in [6.07, 6.45) is 5.52. The van der Waals surface area contributed by atoms with Crippen molar-refractivity contribution in [3.8, 4) is 0 Å². The van der Waals surface area contributed by atoms with E-state index in [-0.39, 0.29) is 17.0 Å². The molecule has 1 aliphatic rings. The lowest BCUT2D eigenvalue weighted by atomic mass is 10.2. The van der Waals surface area contributed by atoms with Crippen molar-refractivity contribution in [3.05, 3.63) is 21.3 Å². The Hall–Kier alpha value is -1.63. The molecule has 0 bridgehead atoms. The third-order valence-corrected chi connectivity index (χ3v) is 3.59. The molecule has 1 aromatic rings. The summed E-state index contributed by atoms with van der Waals surface area (Å²) in [5.74, 6) is -0.622. The van der Waals surface area contributed by atoms with E-state index < -0.39 is 16.8 Å². The number of carbonyl (C=O) groups is 1. The van der Waals surface area contributed by atoms with E-state index in [0.717, 1.165) is 25.7 Å². The molecule has 0 aliphatic heterocycles. The molecule has 1 unspecified atom stereocenters. The summed E-state index contributed by atoms with van der Waals surface area (Å²) in [5, 5.41) is 17.2. The van der Waals surface area contributed by atoms with Gasteiger partial charge in [-0.3, -0.25) is 4.79 Å². The molecule has 0 aromatic carbocycles. The summed E-state index contributed by atoms with van der Waals surface area (Å²) in [5.41, 5.74) is 0. The van der Waals surface area contributed by atoms with E-state index in [1.807, 2.05) is 0 Å². The normalized spacial score (nSPS) is 17.4. The van der Waals surface area contributed by atoms with Gasteiger partial charge in [-0.15, -0.1) is 0 Å². The number of nitro groups is 1. The molecule has 1 saturated carbocycles. The molecule has 1 fully saturated rings. The van der Waals surface area contributed by atoms with Crippen LogP contribution >= 0.6 is 11.6 Å². The molecule has 7 nitrogen and oxygen atoms in total. The minimum atomic E-state index is -0.666. The third-order valence-electron chi connectivity index (χ3n) is 3.32. The monoisotopic (exact) mass is 286 g/mol. The Morgan fingerprint density at radius 1 is 1.63 bits per heavy atom. The Balaban J connectivity index is 2.05. The van der Waals surface area contributed by atoms with Crippen LogP contribution in [0.25, 0.3) is 0 Å². The first-order chi connectivity index (χ1) is 8.99. The molecule has 0 radical (unpaired) electrons. The molecule has 1 aromatic heterocycles. The zero-order chi connectivity index (χ0) is 14.0. The van der Waals surface area contributed by atoms with E-state index >= 15 is 0 Å². The summed E-state index contributed by atoms with van der Waals surface area (Å²) < 4.78 is 1.23. The van der Waals surface area contributed by atoms with E-state index in [4.69, 9.17) is 11.6 Å². The van der Waals surface area contributed by atoms with Crippen LogP contribution in [-0.4, -0.2) is 26.7 Å². The van der Waals surface area contributed by atoms with Crippen molar-refractivity contribution in [1.29, 1.82) is 0 Å². The van der Waals surface area contributed by atoms with Gasteiger partial charge in [0.15, 0.2) is 5.02 Å². The highest BCUT2D eigenvalue weighted by Crippen LogP contribution is 2.24. The van der Waals surface area contributed by atoms with Crippen LogP contribution in [0, 0.1) is 10.1 Å². The largest absolute Gasteiger partial charge is 0.408 e. The number of nitrogens with zero attached hydrogens (tertiary/aromatic N) is 3. The first-order valence-corrected chi connectivity index (χ1v) is 6.56. The number of amides is 1. The fraction of sp³-hybridized carbons (Fsp3) is 0.636. The van der Waals surface area contributed by atoms with Crippen LogP contribution in [0.4, 0.5) is 5.82 Å². The fourth-order valence-electron chi connectivity index (χ4n) is 2.19. The Morgan fingerprint density at radius 2 is 2.26 bits per heavy atom. The number of hydrogen-bond donors (Lipinski definition) is 1. The quantitative estimate of drug-likeness (QED) is 0.677. The van der Waals surface area contributed by atoms with E-state index in [2.05, 4.69) is 10.4 Å². The maximum absolute atomic E-state index is 12.0. The standard InChI is InChI=1S/C11H15ClN4O3/c1-7(11(17)13-8-4-2-3-5-8)15-6-9(12)10(14-15)16(18)19/h6-8H,2-5H2,1H3,(H,13,17). The molecule has 1 aliphatic carbocycles. The molecule has 1 N–H and O–H groups in total. The van der Waals surface area contributed by atoms with Crippen molar-refractivity contribution in [2.24, 2.45) is 0 Å². The summed E-state index contributed by atoms with van der Waals surface area (Å²) in [6.45, 7) is 1.64. The van der Waals surface area contributed by atoms with Crippen LogP contribution in [0.15, 0.2) is 6.20 Å². The minimum absolute atomic E-state index is 0.0643. The highest BCUT2D eigenvalue weighted by molar-refractivity contribution is 6.32. The van der Waals surface area contributed by atoms with Gasteiger partial charge < -0.3 is 15.4 Å². The maximum Gasteiger partial charge on any atom is 0.408 e. The number of nitrogens with one attached hydrogen (secondary N) is 1. The van der Waals surface area contributed by atoms with Crippen molar-refractivity contribution in [2.45, 2.75) is 44.7 Å². The predicted octanol–water partition coefficient (Wildman–Crippen LogP) is 2.06. The first kappa shape index (κ1) is 13.8. The van der Waals surface area contributed by atoms with Crippen LogP contribution in [0.1, 0.15) is 38.6 Å². The maximum atomic E-state index is 12.0. The average molecular weight is 287 g/mol. The topological polar surface area (TPSA) is 90.1 Å². The Kier molecular flexibility index (Phi) is 4.04. The van der Waals surface area contributed by atoms with Crippen molar-refractivity contribution in [1.82, 2.24) is 15.1 Å². The van der Waals surface area contributed by atoms with Gasteiger partial charge in [-0.05, 0) is 24.7 Å². The number of aromatic nitrogens is 2. The predicted molar refractivity (Wildman–Crippen MR) is 69.0 cm³/mol. The molecule has 0 saturated heterocycles. The summed E-state index contributed by atoms with van der Waals surface area (Å²) in [4.78, 5) is 22.0. The molecule has 1 heterocycles. The third kappa shape index (κ3) is 3.04. The van der Waals surface area contributed by atoms with Gasteiger partial charge in [0.25, 0.3) is 0 Å². The summed E-state index contributed by atoms with van der Waals surface area (Å²) in [6, 6.07) is -0.414. The van der Waals surface area contributed by atoms with E-state index in [1.165, 1.54) is 10.9 Å². The Morgan fingerprint density at radius 3 is 2.79 bits per heavy atom.